The van der Waals surface area contributed by atoms with Gasteiger partial charge in [0.2, 0.25) is 0 Å². The highest BCUT2D eigenvalue weighted by molar-refractivity contribution is 6.31. The standard InChI is InChI=1S/C13H18ClNO2/c1-8-9(14)7-10(16)12(17-2)11(8)13(15)5-3-4-6-13/h7,16H,3-6,15H2,1-2H3. The topological polar surface area (TPSA) is 55.5 Å². The summed E-state index contributed by atoms with van der Waals surface area (Å²) in [5.41, 5.74) is 7.80. The van der Waals surface area contributed by atoms with Crippen LogP contribution in [0.3, 0.4) is 0 Å². The Bertz CT molecular complexity index is 440. The molecule has 1 saturated carbocycles. The molecule has 0 spiro atoms. The van der Waals surface area contributed by atoms with Gasteiger partial charge in [-0.3, -0.25) is 0 Å². The van der Waals surface area contributed by atoms with Crippen molar-refractivity contribution >= 4 is 11.6 Å². The highest BCUT2D eigenvalue weighted by Crippen LogP contribution is 2.47. The second-order valence-corrected chi connectivity index (χ2v) is 5.18. The molecule has 1 aliphatic carbocycles. The van der Waals surface area contributed by atoms with Crippen LogP contribution in [-0.2, 0) is 5.54 Å². The van der Waals surface area contributed by atoms with Gasteiger partial charge >= 0.3 is 0 Å². The van der Waals surface area contributed by atoms with Crippen LogP contribution in [0.4, 0.5) is 0 Å². The van der Waals surface area contributed by atoms with Crippen LogP contribution in [0, 0.1) is 6.92 Å². The lowest BCUT2D eigenvalue weighted by Gasteiger charge is -2.29. The number of aromatic hydroxyl groups is 1. The molecule has 0 bridgehead atoms. The molecule has 0 saturated heterocycles. The van der Waals surface area contributed by atoms with E-state index in [2.05, 4.69) is 0 Å². The lowest BCUT2D eigenvalue weighted by Crippen LogP contribution is -2.34. The van der Waals surface area contributed by atoms with Crippen molar-refractivity contribution in [2.45, 2.75) is 38.1 Å². The minimum atomic E-state index is -0.419. The fourth-order valence-corrected chi connectivity index (χ4v) is 2.97. The third kappa shape index (κ3) is 1.98. The zero-order valence-corrected chi connectivity index (χ0v) is 11.0. The summed E-state index contributed by atoms with van der Waals surface area (Å²) in [5.74, 6) is 0.533. The SMILES string of the molecule is COc1c(O)cc(Cl)c(C)c1C1(N)CCCC1. The lowest BCUT2D eigenvalue weighted by molar-refractivity contribution is 0.348. The van der Waals surface area contributed by atoms with E-state index < -0.39 is 5.54 Å². The number of hydrogen-bond donors (Lipinski definition) is 2. The Hall–Kier alpha value is -0.930. The van der Waals surface area contributed by atoms with E-state index in [1.54, 1.807) is 7.11 Å². The van der Waals surface area contributed by atoms with Gasteiger partial charge in [0.25, 0.3) is 0 Å². The number of nitrogens with two attached hydrogens (primary N) is 1. The van der Waals surface area contributed by atoms with E-state index in [0.29, 0.717) is 10.8 Å². The molecule has 0 heterocycles. The van der Waals surface area contributed by atoms with Crippen molar-refractivity contribution in [3.8, 4) is 11.5 Å². The predicted octanol–water partition coefficient (Wildman–Crippen LogP) is 3.09. The molecule has 0 atom stereocenters. The van der Waals surface area contributed by atoms with Crippen molar-refractivity contribution in [2.24, 2.45) is 5.73 Å². The van der Waals surface area contributed by atoms with E-state index in [-0.39, 0.29) is 5.75 Å². The van der Waals surface area contributed by atoms with Crippen LogP contribution in [0.5, 0.6) is 11.5 Å². The largest absolute Gasteiger partial charge is 0.504 e. The summed E-state index contributed by atoms with van der Waals surface area (Å²) >= 11 is 6.12. The van der Waals surface area contributed by atoms with Crippen molar-refractivity contribution in [1.29, 1.82) is 0 Å². The minimum absolute atomic E-state index is 0.0647. The van der Waals surface area contributed by atoms with Crippen molar-refractivity contribution < 1.29 is 9.84 Å². The van der Waals surface area contributed by atoms with Gasteiger partial charge in [-0.15, -0.1) is 0 Å². The number of hydrogen-bond acceptors (Lipinski definition) is 3. The highest BCUT2D eigenvalue weighted by Gasteiger charge is 2.36. The molecule has 94 valence electrons. The lowest BCUT2D eigenvalue weighted by atomic mass is 9.85. The molecule has 0 unspecified atom stereocenters. The molecule has 0 amide bonds. The fourth-order valence-electron chi connectivity index (χ4n) is 2.77. The number of methoxy groups -OCH3 is 1. The number of benzene rings is 1. The summed E-state index contributed by atoms with van der Waals surface area (Å²) in [4.78, 5) is 0. The summed E-state index contributed by atoms with van der Waals surface area (Å²) in [6, 6.07) is 1.51. The van der Waals surface area contributed by atoms with E-state index in [1.165, 1.54) is 6.07 Å². The molecule has 3 N–H and O–H groups in total. The van der Waals surface area contributed by atoms with Gasteiger partial charge in [0, 0.05) is 22.2 Å². The van der Waals surface area contributed by atoms with Crippen LogP contribution in [0.2, 0.25) is 5.02 Å². The van der Waals surface area contributed by atoms with Crippen molar-refractivity contribution in [3.63, 3.8) is 0 Å². The Labute approximate surface area is 107 Å². The van der Waals surface area contributed by atoms with Gasteiger partial charge in [-0.2, -0.15) is 0 Å². The van der Waals surface area contributed by atoms with Gasteiger partial charge in [-0.1, -0.05) is 24.4 Å². The Kier molecular flexibility index (Phi) is 3.23. The van der Waals surface area contributed by atoms with Crippen LogP contribution in [0.1, 0.15) is 36.8 Å². The molecular weight excluding hydrogens is 238 g/mol. The van der Waals surface area contributed by atoms with Crippen LogP contribution in [-0.4, -0.2) is 12.2 Å². The maximum Gasteiger partial charge on any atom is 0.165 e. The molecular formula is C13H18ClNO2. The third-order valence-corrected chi connectivity index (χ3v) is 4.05. The van der Waals surface area contributed by atoms with Gasteiger partial charge in [0.05, 0.1) is 7.11 Å². The van der Waals surface area contributed by atoms with Crippen molar-refractivity contribution in [2.75, 3.05) is 7.11 Å². The zero-order chi connectivity index (χ0) is 12.6. The molecule has 3 nitrogen and oxygen atoms in total. The summed E-state index contributed by atoms with van der Waals surface area (Å²) in [5, 5.41) is 10.4. The number of rotatable bonds is 2. The molecule has 1 aliphatic rings. The third-order valence-electron chi connectivity index (χ3n) is 3.65. The van der Waals surface area contributed by atoms with E-state index in [0.717, 1.165) is 36.8 Å². The Morgan fingerprint density at radius 3 is 2.53 bits per heavy atom. The highest BCUT2D eigenvalue weighted by atomic mass is 35.5. The maximum absolute atomic E-state index is 9.91. The molecule has 2 rings (SSSR count). The summed E-state index contributed by atoms with van der Waals surface area (Å²) in [6.45, 7) is 1.92. The zero-order valence-electron chi connectivity index (χ0n) is 10.2. The van der Waals surface area contributed by atoms with Crippen molar-refractivity contribution in [1.82, 2.24) is 0 Å². The van der Waals surface area contributed by atoms with Crippen molar-refractivity contribution in [3.05, 3.63) is 22.2 Å². The predicted molar refractivity (Wildman–Crippen MR) is 68.7 cm³/mol. The van der Waals surface area contributed by atoms with Crippen LogP contribution in [0.15, 0.2) is 6.07 Å². The summed E-state index contributed by atoms with van der Waals surface area (Å²) in [7, 11) is 1.55. The second kappa shape index (κ2) is 4.39. The first-order valence-corrected chi connectivity index (χ1v) is 6.23. The fraction of sp³-hybridized carbons (Fsp3) is 0.538. The van der Waals surface area contributed by atoms with E-state index in [1.807, 2.05) is 6.92 Å². The monoisotopic (exact) mass is 255 g/mol. The Balaban J connectivity index is 2.65. The average molecular weight is 256 g/mol. The van der Waals surface area contributed by atoms with Crippen LogP contribution >= 0.6 is 11.6 Å². The first kappa shape index (κ1) is 12.5. The van der Waals surface area contributed by atoms with E-state index in [9.17, 15) is 5.11 Å². The van der Waals surface area contributed by atoms with Gasteiger partial charge in [0.15, 0.2) is 11.5 Å². The second-order valence-electron chi connectivity index (χ2n) is 4.77. The normalized spacial score (nSPS) is 18.4. The molecule has 0 radical (unpaired) electrons. The first-order chi connectivity index (χ1) is 7.99. The quantitative estimate of drug-likeness (QED) is 0.854. The van der Waals surface area contributed by atoms with Crippen LogP contribution in [0.25, 0.3) is 0 Å². The van der Waals surface area contributed by atoms with E-state index >= 15 is 0 Å². The first-order valence-electron chi connectivity index (χ1n) is 5.85. The number of ether oxygens (including phenoxy) is 1. The molecule has 4 heteroatoms. The molecule has 0 aromatic heterocycles. The molecule has 17 heavy (non-hydrogen) atoms. The number of phenolic OH excluding ortho intramolecular Hbond substituents is 1. The molecule has 0 aliphatic heterocycles. The van der Waals surface area contributed by atoms with E-state index in [4.69, 9.17) is 22.1 Å². The van der Waals surface area contributed by atoms with Crippen LogP contribution < -0.4 is 10.5 Å². The smallest absolute Gasteiger partial charge is 0.165 e. The average Bonchev–Trinajstić information content (AvgIpc) is 2.71. The van der Waals surface area contributed by atoms with Gasteiger partial charge < -0.3 is 15.6 Å². The minimum Gasteiger partial charge on any atom is -0.504 e. The number of phenols is 1. The number of halogens is 1. The van der Waals surface area contributed by atoms with Gasteiger partial charge in [-0.25, -0.2) is 0 Å². The molecule has 1 aromatic rings. The Morgan fingerprint density at radius 2 is 2.00 bits per heavy atom. The van der Waals surface area contributed by atoms with Gasteiger partial charge in [-0.05, 0) is 25.3 Å². The Morgan fingerprint density at radius 1 is 1.41 bits per heavy atom. The molecule has 1 fully saturated rings. The summed E-state index contributed by atoms with van der Waals surface area (Å²) in [6.07, 6.45) is 4.02. The van der Waals surface area contributed by atoms with Gasteiger partial charge in [0.1, 0.15) is 0 Å². The maximum atomic E-state index is 9.91. The molecule has 1 aromatic carbocycles. The summed E-state index contributed by atoms with van der Waals surface area (Å²) < 4.78 is 5.30.